The average Bonchev–Trinajstić information content (AvgIpc) is 2.91. The molecule has 5 nitrogen and oxygen atoms in total. The quantitative estimate of drug-likeness (QED) is 0.466. The van der Waals surface area contributed by atoms with Gasteiger partial charge in [-0.15, -0.1) is 24.0 Å². The van der Waals surface area contributed by atoms with Gasteiger partial charge in [0.25, 0.3) is 0 Å². The van der Waals surface area contributed by atoms with Crippen LogP contribution in [0.25, 0.3) is 0 Å². The van der Waals surface area contributed by atoms with Crippen LogP contribution in [0.4, 0.5) is 0 Å². The lowest BCUT2D eigenvalue weighted by Crippen LogP contribution is -2.43. The molecule has 0 spiro atoms. The molecule has 1 atom stereocenters. The van der Waals surface area contributed by atoms with Gasteiger partial charge in [0.2, 0.25) is 5.88 Å². The molecule has 1 unspecified atom stereocenters. The number of ether oxygens (including phenoxy) is 1. The molecule has 1 saturated heterocycles. The zero-order chi connectivity index (χ0) is 14.5. The van der Waals surface area contributed by atoms with E-state index < -0.39 is 0 Å². The molecule has 1 aliphatic heterocycles. The maximum absolute atomic E-state index is 5.92. The topological polar surface area (TPSA) is 49.8 Å². The second-order valence-corrected chi connectivity index (χ2v) is 5.87. The van der Waals surface area contributed by atoms with Crippen LogP contribution in [0.3, 0.4) is 0 Å². The molecule has 0 aromatic carbocycles. The Balaban J connectivity index is 0.00000176. The first-order valence-corrected chi connectivity index (χ1v) is 7.88. The van der Waals surface area contributed by atoms with Crippen LogP contribution in [0.15, 0.2) is 29.4 Å². The lowest BCUT2D eigenvalue weighted by atomic mass is 9.85. The third-order valence-corrected chi connectivity index (χ3v) is 4.36. The SMILES string of the molecule is CN=C(NCC1CCC1)N1CCC(Oc2ccccn2)C1.I. The highest BCUT2D eigenvalue weighted by Crippen LogP contribution is 2.25. The van der Waals surface area contributed by atoms with Crippen molar-refractivity contribution in [2.75, 3.05) is 26.7 Å². The first-order valence-electron chi connectivity index (χ1n) is 7.88. The Bertz CT molecular complexity index is 478. The maximum atomic E-state index is 5.92. The number of hydrogen-bond donors (Lipinski definition) is 1. The van der Waals surface area contributed by atoms with Gasteiger partial charge in [-0.25, -0.2) is 4.98 Å². The molecule has 0 bridgehead atoms. The number of aromatic nitrogens is 1. The summed E-state index contributed by atoms with van der Waals surface area (Å²) in [6.45, 7) is 2.91. The van der Waals surface area contributed by atoms with Gasteiger partial charge in [-0.1, -0.05) is 12.5 Å². The van der Waals surface area contributed by atoms with E-state index >= 15 is 0 Å². The van der Waals surface area contributed by atoms with Gasteiger partial charge in [0.1, 0.15) is 6.10 Å². The molecule has 0 radical (unpaired) electrons. The van der Waals surface area contributed by atoms with Crippen LogP contribution in [0, 0.1) is 5.92 Å². The van der Waals surface area contributed by atoms with Gasteiger partial charge in [-0.2, -0.15) is 0 Å². The van der Waals surface area contributed by atoms with E-state index in [1.807, 2.05) is 25.2 Å². The van der Waals surface area contributed by atoms with Crippen molar-refractivity contribution in [1.29, 1.82) is 0 Å². The van der Waals surface area contributed by atoms with Crippen molar-refractivity contribution in [3.8, 4) is 5.88 Å². The van der Waals surface area contributed by atoms with E-state index in [9.17, 15) is 0 Å². The summed E-state index contributed by atoms with van der Waals surface area (Å²) in [5.41, 5.74) is 0. The first-order chi connectivity index (χ1) is 10.3. The summed E-state index contributed by atoms with van der Waals surface area (Å²) in [6.07, 6.45) is 7.07. The number of halogens is 1. The largest absolute Gasteiger partial charge is 0.472 e. The van der Waals surface area contributed by atoms with Gasteiger partial charge in [-0.3, -0.25) is 4.99 Å². The summed E-state index contributed by atoms with van der Waals surface area (Å²) < 4.78 is 5.92. The predicted octanol–water partition coefficient (Wildman–Crippen LogP) is 2.53. The second kappa shape index (κ2) is 8.55. The molecule has 6 heteroatoms. The molecule has 1 aromatic rings. The Morgan fingerprint density at radius 1 is 1.41 bits per heavy atom. The number of nitrogens with zero attached hydrogens (tertiary/aromatic N) is 3. The van der Waals surface area contributed by atoms with Gasteiger partial charge < -0.3 is 15.0 Å². The lowest BCUT2D eigenvalue weighted by Gasteiger charge is -2.28. The Hall–Kier alpha value is -1.05. The Morgan fingerprint density at radius 3 is 2.91 bits per heavy atom. The summed E-state index contributed by atoms with van der Waals surface area (Å²) in [5.74, 6) is 2.56. The molecule has 1 aliphatic carbocycles. The minimum absolute atomic E-state index is 0. The van der Waals surface area contributed by atoms with E-state index in [0.29, 0.717) is 5.88 Å². The summed E-state index contributed by atoms with van der Waals surface area (Å²) in [5, 5.41) is 3.50. The highest BCUT2D eigenvalue weighted by atomic mass is 127. The van der Waals surface area contributed by atoms with Crippen molar-refractivity contribution in [2.24, 2.45) is 10.9 Å². The molecule has 2 fully saturated rings. The molecule has 22 heavy (non-hydrogen) atoms. The van der Waals surface area contributed by atoms with Crippen molar-refractivity contribution in [3.05, 3.63) is 24.4 Å². The Labute approximate surface area is 149 Å². The van der Waals surface area contributed by atoms with Crippen LogP contribution in [-0.2, 0) is 0 Å². The lowest BCUT2D eigenvalue weighted by molar-refractivity contribution is 0.205. The monoisotopic (exact) mass is 416 g/mol. The van der Waals surface area contributed by atoms with Crippen molar-refractivity contribution < 1.29 is 4.74 Å². The molecule has 1 aromatic heterocycles. The van der Waals surface area contributed by atoms with Crippen LogP contribution in [0.1, 0.15) is 25.7 Å². The molecular weight excluding hydrogens is 391 g/mol. The van der Waals surface area contributed by atoms with Gasteiger partial charge >= 0.3 is 0 Å². The summed E-state index contributed by atoms with van der Waals surface area (Å²) in [4.78, 5) is 10.9. The number of rotatable bonds is 4. The fourth-order valence-electron chi connectivity index (χ4n) is 2.87. The Kier molecular flexibility index (Phi) is 6.72. The van der Waals surface area contributed by atoms with E-state index in [4.69, 9.17) is 4.74 Å². The standard InChI is InChI=1S/C16H24N4O.HI/c1-17-16(19-11-13-5-4-6-13)20-10-8-14(12-20)21-15-7-2-3-9-18-15;/h2-3,7,9,13-14H,4-6,8,10-12H2,1H3,(H,17,19);1H. The molecule has 2 heterocycles. The van der Waals surface area contributed by atoms with Crippen molar-refractivity contribution >= 4 is 29.9 Å². The molecule has 3 rings (SSSR count). The summed E-state index contributed by atoms with van der Waals surface area (Å²) in [7, 11) is 1.86. The second-order valence-electron chi connectivity index (χ2n) is 5.87. The van der Waals surface area contributed by atoms with Crippen LogP contribution < -0.4 is 10.1 Å². The van der Waals surface area contributed by atoms with E-state index in [0.717, 1.165) is 37.9 Å². The van der Waals surface area contributed by atoms with Crippen LogP contribution in [0.5, 0.6) is 5.88 Å². The number of nitrogens with one attached hydrogen (secondary N) is 1. The van der Waals surface area contributed by atoms with Crippen molar-refractivity contribution in [1.82, 2.24) is 15.2 Å². The van der Waals surface area contributed by atoms with Gasteiger partial charge in [0.15, 0.2) is 5.96 Å². The molecule has 1 N–H and O–H groups in total. The van der Waals surface area contributed by atoms with Gasteiger partial charge in [-0.05, 0) is 24.8 Å². The van der Waals surface area contributed by atoms with Crippen LogP contribution in [-0.4, -0.2) is 48.6 Å². The normalized spacial score (nSPS) is 22.0. The molecule has 2 aliphatic rings. The maximum Gasteiger partial charge on any atom is 0.213 e. The number of aliphatic imine (C=N–C) groups is 1. The van der Waals surface area contributed by atoms with Crippen LogP contribution >= 0.6 is 24.0 Å². The minimum atomic E-state index is 0. The van der Waals surface area contributed by atoms with Crippen molar-refractivity contribution in [3.63, 3.8) is 0 Å². The van der Waals surface area contributed by atoms with Crippen molar-refractivity contribution in [2.45, 2.75) is 31.8 Å². The number of pyridine rings is 1. The highest BCUT2D eigenvalue weighted by molar-refractivity contribution is 14.0. The van der Waals surface area contributed by atoms with Gasteiger partial charge in [0.05, 0.1) is 6.54 Å². The van der Waals surface area contributed by atoms with Gasteiger partial charge in [0, 0.05) is 38.8 Å². The zero-order valence-corrected chi connectivity index (χ0v) is 15.4. The Morgan fingerprint density at radius 2 is 2.27 bits per heavy atom. The molecule has 1 saturated carbocycles. The molecular formula is C16H25IN4O. The zero-order valence-electron chi connectivity index (χ0n) is 13.1. The smallest absolute Gasteiger partial charge is 0.213 e. The fraction of sp³-hybridized carbons (Fsp3) is 0.625. The van der Waals surface area contributed by atoms with Crippen LogP contribution in [0.2, 0.25) is 0 Å². The summed E-state index contributed by atoms with van der Waals surface area (Å²) in [6, 6.07) is 5.76. The highest BCUT2D eigenvalue weighted by Gasteiger charge is 2.27. The molecule has 0 amide bonds. The van der Waals surface area contributed by atoms with E-state index in [2.05, 4.69) is 20.2 Å². The fourth-order valence-corrected chi connectivity index (χ4v) is 2.87. The molecule has 122 valence electrons. The minimum Gasteiger partial charge on any atom is -0.472 e. The number of hydrogen-bond acceptors (Lipinski definition) is 3. The first kappa shape index (κ1) is 17.3. The number of guanidine groups is 1. The third kappa shape index (κ3) is 4.47. The van der Waals surface area contributed by atoms with E-state index in [1.54, 1.807) is 6.20 Å². The van der Waals surface area contributed by atoms with E-state index in [1.165, 1.54) is 19.3 Å². The van der Waals surface area contributed by atoms with E-state index in [-0.39, 0.29) is 30.1 Å². The summed E-state index contributed by atoms with van der Waals surface area (Å²) >= 11 is 0. The predicted molar refractivity (Wildman–Crippen MR) is 99.0 cm³/mol. The number of likely N-dealkylation sites (tertiary alicyclic amines) is 1. The third-order valence-electron chi connectivity index (χ3n) is 4.36. The average molecular weight is 416 g/mol.